The second-order valence-corrected chi connectivity index (χ2v) is 5.47. The number of nitrogens with zero attached hydrogens (tertiary/aromatic N) is 4. The van der Waals surface area contributed by atoms with Crippen LogP contribution in [0.4, 0.5) is 0 Å². The summed E-state index contributed by atoms with van der Waals surface area (Å²) >= 11 is 0. The zero-order valence-corrected chi connectivity index (χ0v) is 13.0. The van der Waals surface area contributed by atoms with Crippen molar-refractivity contribution in [3.8, 4) is 0 Å². The van der Waals surface area contributed by atoms with Gasteiger partial charge in [-0.2, -0.15) is 0 Å². The summed E-state index contributed by atoms with van der Waals surface area (Å²) in [5.41, 5.74) is 1.67. The molecule has 1 aliphatic heterocycles. The van der Waals surface area contributed by atoms with Gasteiger partial charge in [-0.1, -0.05) is 30.3 Å². The molecule has 0 aliphatic carbocycles. The van der Waals surface area contributed by atoms with Crippen LogP contribution in [-0.4, -0.2) is 44.3 Å². The molecule has 0 saturated heterocycles. The lowest BCUT2D eigenvalue weighted by molar-refractivity contribution is -0.125. The highest BCUT2D eigenvalue weighted by molar-refractivity contribution is 6.01. The van der Waals surface area contributed by atoms with Crippen LogP contribution in [0.15, 0.2) is 36.7 Å². The number of amides is 2. The van der Waals surface area contributed by atoms with Crippen molar-refractivity contribution in [2.45, 2.75) is 32.5 Å². The molecule has 0 spiro atoms. The first kappa shape index (κ1) is 15.2. The van der Waals surface area contributed by atoms with Crippen molar-refractivity contribution in [2.24, 2.45) is 0 Å². The molecule has 3 rings (SSSR count). The monoisotopic (exact) mass is 313 g/mol. The van der Waals surface area contributed by atoms with Crippen LogP contribution in [0.1, 0.15) is 29.3 Å². The summed E-state index contributed by atoms with van der Waals surface area (Å²) in [6, 6.07) is 7.05. The van der Waals surface area contributed by atoms with E-state index in [0.29, 0.717) is 31.6 Å². The molecule has 1 aromatic heterocycles. The quantitative estimate of drug-likeness (QED) is 0.856. The highest BCUT2D eigenvalue weighted by Gasteiger charge is 2.34. The third-order valence-corrected chi connectivity index (χ3v) is 4.03. The molecular formula is C16H19N5O2. The van der Waals surface area contributed by atoms with Crippen molar-refractivity contribution in [1.82, 2.24) is 25.2 Å². The molecule has 120 valence electrons. The lowest BCUT2D eigenvalue weighted by atomic mass is 10.1. The summed E-state index contributed by atoms with van der Waals surface area (Å²) in [4.78, 5) is 26.6. The minimum atomic E-state index is -0.453. The predicted molar refractivity (Wildman–Crippen MR) is 83.4 cm³/mol. The van der Waals surface area contributed by atoms with Crippen molar-refractivity contribution in [1.29, 1.82) is 0 Å². The smallest absolute Gasteiger partial charge is 0.255 e. The minimum absolute atomic E-state index is 0.0705. The van der Waals surface area contributed by atoms with Gasteiger partial charge in [0.05, 0.1) is 12.7 Å². The van der Waals surface area contributed by atoms with E-state index in [1.807, 2.05) is 31.2 Å². The standard InChI is InChI=1S/C16H19N5O2/c1-2-14(15(22)17-7-9-20-10-8-18-19-20)21-11-12-5-3-4-6-13(12)16(21)23/h3-6,8,10,14H,2,7,9,11H2,1H3,(H,17,22)/t14-/m1/s1. The van der Waals surface area contributed by atoms with E-state index in [4.69, 9.17) is 0 Å². The average Bonchev–Trinajstić information content (AvgIpc) is 3.18. The van der Waals surface area contributed by atoms with E-state index in [1.165, 1.54) is 0 Å². The first-order valence-corrected chi connectivity index (χ1v) is 7.71. The van der Waals surface area contributed by atoms with E-state index in [0.717, 1.165) is 5.56 Å². The number of benzene rings is 1. The number of hydrogen-bond acceptors (Lipinski definition) is 4. The Morgan fingerprint density at radius 2 is 2.22 bits per heavy atom. The van der Waals surface area contributed by atoms with Gasteiger partial charge in [0.2, 0.25) is 5.91 Å². The van der Waals surface area contributed by atoms with Crippen molar-refractivity contribution < 1.29 is 9.59 Å². The molecule has 0 saturated carbocycles. The maximum Gasteiger partial charge on any atom is 0.255 e. The number of hydrogen-bond donors (Lipinski definition) is 1. The Morgan fingerprint density at radius 3 is 2.91 bits per heavy atom. The Hall–Kier alpha value is -2.70. The third-order valence-electron chi connectivity index (χ3n) is 4.03. The Morgan fingerprint density at radius 1 is 1.39 bits per heavy atom. The van der Waals surface area contributed by atoms with Gasteiger partial charge in [-0.3, -0.25) is 14.3 Å². The van der Waals surface area contributed by atoms with E-state index in [1.54, 1.807) is 22.0 Å². The average molecular weight is 313 g/mol. The van der Waals surface area contributed by atoms with Crippen molar-refractivity contribution >= 4 is 11.8 Å². The Bertz CT molecular complexity index is 698. The second kappa shape index (κ2) is 6.60. The highest BCUT2D eigenvalue weighted by atomic mass is 16.2. The Kier molecular flexibility index (Phi) is 4.36. The van der Waals surface area contributed by atoms with Gasteiger partial charge < -0.3 is 10.2 Å². The van der Waals surface area contributed by atoms with Crippen LogP contribution in [0, 0.1) is 0 Å². The van der Waals surface area contributed by atoms with Crippen molar-refractivity contribution in [3.63, 3.8) is 0 Å². The van der Waals surface area contributed by atoms with Gasteiger partial charge in [-0.05, 0) is 18.1 Å². The third kappa shape index (κ3) is 3.08. The fourth-order valence-corrected chi connectivity index (χ4v) is 2.84. The summed E-state index contributed by atoms with van der Waals surface area (Å²) in [7, 11) is 0. The molecule has 1 aromatic carbocycles. The fourth-order valence-electron chi connectivity index (χ4n) is 2.84. The summed E-state index contributed by atoms with van der Waals surface area (Å²) in [6.45, 7) is 3.41. The van der Waals surface area contributed by atoms with E-state index in [9.17, 15) is 9.59 Å². The zero-order chi connectivity index (χ0) is 16.2. The topological polar surface area (TPSA) is 80.1 Å². The highest BCUT2D eigenvalue weighted by Crippen LogP contribution is 2.25. The first-order valence-electron chi connectivity index (χ1n) is 7.71. The number of carbonyl (C=O) groups is 2. The van der Waals surface area contributed by atoms with Crippen LogP contribution in [-0.2, 0) is 17.9 Å². The van der Waals surface area contributed by atoms with Crippen molar-refractivity contribution in [3.05, 3.63) is 47.8 Å². The maximum atomic E-state index is 12.5. The normalized spacial score (nSPS) is 14.7. The SMILES string of the molecule is CC[C@H](C(=O)NCCn1ccnn1)N1Cc2ccccc2C1=O. The van der Waals surface area contributed by atoms with Crippen LogP contribution in [0.5, 0.6) is 0 Å². The number of carbonyl (C=O) groups excluding carboxylic acids is 2. The molecule has 0 unspecified atom stereocenters. The van der Waals surface area contributed by atoms with Crippen LogP contribution >= 0.6 is 0 Å². The van der Waals surface area contributed by atoms with Crippen molar-refractivity contribution in [2.75, 3.05) is 6.54 Å². The van der Waals surface area contributed by atoms with Crippen LogP contribution < -0.4 is 5.32 Å². The van der Waals surface area contributed by atoms with Gasteiger partial charge >= 0.3 is 0 Å². The maximum absolute atomic E-state index is 12.5. The first-order chi connectivity index (χ1) is 11.2. The van der Waals surface area contributed by atoms with Gasteiger partial charge in [0.15, 0.2) is 0 Å². The number of fused-ring (bicyclic) bond motifs is 1. The summed E-state index contributed by atoms with van der Waals surface area (Å²) in [5, 5.41) is 10.4. The van der Waals surface area contributed by atoms with Crippen LogP contribution in [0.2, 0.25) is 0 Å². The molecular weight excluding hydrogens is 294 g/mol. The van der Waals surface area contributed by atoms with E-state index in [-0.39, 0.29) is 11.8 Å². The molecule has 1 atom stereocenters. The fraction of sp³-hybridized carbons (Fsp3) is 0.375. The van der Waals surface area contributed by atoms with Crippen LogP contribution in [0.3, 0.4) is 0 Å². The van der Waals surface area contributed by atoms with Gasteiger partial charge in [-0.15, -0.1) is 5.10 Å². The molecule has 2 aromatic rings. The Balaban J connectivity index is 1.61. The lowest BCUT2D eigenvalue weighted by Crippen LogP contribution is -2.47. The van der Waals surface area contributed by atoms with Gasteiger partial charge in [0.25, 0.3) is 5.91 Å². The number of aromatic nitrogens is 3. The van der Waals surface area contributed by atoms with Gasteiger partial charge in [0.1, 0.15) is 6.04 Å². The lowest BCUT2D eigenvalue weighted by Gasteiger charge is -2.25. The van der Waals surface area contributed by atoms with E-state index >= 15 is 0 Å². The molecule has 0 bridgehead atoms. The van der Waals surface area contributed by atoms with E-state index < -0.39 is 6.04 Å². The molecule has 0 radical (unpaired) electrons. The zero-order valence-electron chi connectivity index (χ0n) is 13.0. The largest absolute Gasteiger partial charge is 0.352 e. The second-order valence-electron chi connectivity index (χ2n) is 5.47. The molecule has 2 heterocycles. The van der Waals surface area contributed by atoms with Gasteiger partial charge in [0, 0.05) is 24.8 Å². The summed E-state index contributed by atoms with van der Waals surface area (Å²) < 4.78 is 1.65. The molecule has 1 aliphatic rings. The molecule has 2 amide bonds. The summed E-state index contributed by atoms with van der Waals surface area (Å²) in [5.74, 6) is -0.201. The molecule has 23 heavy (non-hydrogen) atoms. The number of nitrogens with one attached hydrogen (secondary N) is 1. The predicted octanol–water partition coefficient (Wildman–Crippen LogP) is 0.829. The number of rotatable bonds is 6. The van der Waals surface area contributed by atoms with Gasteiger partial charge in [-0.25, -0.2) is 0 Å². The van der Waals surface area contributed by atoms with Crippen LogP contribution in [0.25, 0.3) is 0 Å². The summed E-state index contributed by atoms with van der Waals surface area (Å²) in [6.07, 6.45) is 3.91. The van der Waals surface area contributed by atoms with E-state index in [2.05, 4.69) is 15.6 Å². The molecule has 7 nitrogen and oxygen atoms in total. The molecule has 7 heteroatoms. The molecule has 0 fully saturated rings. The minimum Gasteiger partial charge on any atom is -0.352 e. The molecule has 1 N–H and O–H groups in total. The Labute approximate surface area is 134 Å².